The highest BCUT2D eigenvalue weighted by molar-refractivity contribution is 5.75. The summed E-state index contributed by atoms with van der Waals surface area (Å²) >= 11 is 0. The van der Waals surface area contributed by atoms with Crippen LogP contribution in [0.5, 0.6) is 0 Å². The average molecular weight is 330 g/mol. The SMILES string of the molecule is CC(O)(CNC(=O)CCn1nc2ccccn2c1=O)c1ccco1. The Bertz CT molecular complexity index is 892. The third kappa shape index (κ3) is 3.23. The van der Waals surface area contributed by atoms with Crippen LogP contribution in [0.15, 0.2) is 52.0 Å². The van der Waals surface area contributed by atoms with E-state index in [2.05, 4.69) is 10.4 Å². The molecule has 3 aromatic heterocycles. The van der Waals surface area contributed by atoms with Crippen molar-refractivity contribution in [2.45, 2.75) is 25.5 Å². The Kier molecular flexibility index (Phi) is 4.22. The van der Waals surface area contributed by atoms with Crippen molar-refractivity contribution in [2.75, 3.05) is 6.54 Å². The zero-order valence-electron chi connectivity index (χ0n) is 13.2. The van der Waals surface area contributed by atoms with Gasteiger partial charge in [0.1, 0.15) is 11.4 Å². The fourth-order valence-corrected chi connectivity index (χ4v) is 2.35. The molecule has 8 nitrogen and oxygen atoms in total. The monoisotopic (exact) mass is 330 g/mol. The standard InChI is InChI=1S/C16H18N4O4/c1-16(23,12-5-4-10-24-12)11-17-14(21)7-9-20-15(22)19-8-3-2-6-13(19)18-20/h2-6,8,10,23H,7,9,11H2,1H3,(H,17,21). The van der Waals surface area contributed by atoms with Crippen molar-refractivity contribution < 1.29 is 14.3 Å². The number of nitrogens with zero attached hydrogens (tertiary/aromatic N) is 3. The minimum absolute atomic E-state index is 0.0133. The summed E-state index contributed by atoms with van der Waals surface area (Å²) < 4.78 is 7.82. The predicted molar refractivity (Wildman–Crippen MR) is 85.4 cm³/mol. The van der Waals surface area contributed by atoms with Crippen LogP contribution >= 0.6 is 0 Å². The molecule has 0 spiro atoms. The summed E-state index contributed by atoms with van der Waals surface area (Å²) in [4.78, 5) is 24.0. The largest absolute Gasteiger partial charge is 0.466 e. The first-order valence-electron chi connectivity index (χ1n) is 7.55. The lowest BCUT2D eigenvalue weighted by Gasteiger charge is -2.21. The number of carbonyl (C=O) groups is 1. The van der Waals surface area contributed by atoms with Gasteiger partial charge in [0.05, 0.1) is 19.4 Å². The average Bonchev–Trinajstić information content (AvgIpc) is 3.21. The minimum Gasteiger partial charge on any atom is -0.466 e. The summed E-state index contributed by atoms with van der Waals surface area (Å²) in [5.74, 6) is 0.0881. The van der Waals surface area contributed by atoms with Gasteiger partial charge >= 0.3 is 5.69 Å². The van der Waals surface area contributed by atoms with E-state index in [9.17, 15) is 14.7 Å². The highest BCUT2D eigenvalue weighted by Gasteiger charge is 2.26. The van der Waals surface area contributed by atoms with E-state index in [1.807, 2.05) is 0 Å². The maximum Gasteiger partial charge on any atom is 0.350 e. The normalized spacial score (nSPS) is 13.8. The number of hydrogen-bond acceptors (Lipinski definition) is 5. The molecule has 1 unspecified atom stereocenters. The number of aromatic nitrogens is 3. The second-order valence-corrected chi connectivity index (χ2v) is 5.71. The molecule has 3 rings (SSSR count). The summed E-state index contributed by atoms with van der Waals surface area (Å²) in [7, 11) is 0. The molecule has 0 saturated heterocycles. The first-order chi connectivity index (χ1) is 11.5. The van der Waals surface area contributed by atoms with E-state index in [-0.39, 0.29) is 31.1 Å². The minimum atomic E-state index is -1.29. The maximum absolute atomic E-state index is 12.1. The summed E-state index contributed by atoms with van der Waals surface area (Å²) in [5.41, 5.74) is -1.05. The molecular weight excluding hydrogens is 312 g/mol. The van der Waals surface area contributed by atoms with Gasteiger partial charge in [0.15, 0.2) is 5.65 Å². The third-order valence-electron chi connectivity index (χ3n) is 3.72. The van der Waals surface area contributed by atoms with Gasteiger partial charge in [-0.05, 0) is 31.2 Å². The van der Waals surface area contributed by atoms with E-state index < -0.39 is 5.60 Å². The van der Waals surface area contributed by atoms with Crippen LogP contribution in [0.25, 0.3) is 5.65 Å². The smallest absolute Gasteiger partial charge is 0.350 e. The second-order valence-electron chi connectivity index (χ2n) is 5.71. The maximum atomic E-state index is 12.1. The van der Waals surface area contributed by atoms with Crippen molar-refractivity contribution in [3.63, 3.8) is 0 Å². The van der Waals surface area contributed by atoms with Crippen LogP contribution in [0.1, 0.15) is 19.1 Å². The number of fused-ring (bicyclic) bond motifs is 1. The van der Waals surface area contributed by atoms with Gasteiger partial charge in [0, 0.05) is 12.6 Å². The Morgan fingerprint density at radius 3 is 2.92 bits per heavy atom. The number of nitrogens with one attached hydrogen (secondary N) is 1. The lowest BCUT2D eigenvalue weighted by Crippen LogP contribution is -2.39. The number of aliphatic hydroxyl groups is 1. The van der Waals surface area contributed by atoms with E-state index in [1.165, 1.54) is 15.3 Å². The van der Waals surface area contributed by atoms with Crippen molar-refractivity contribution in [1.82, 2.24) is 19.5 Å². The first kappa shape index (κ1) is 16.0. The summed E-state index contributed by atoms with van der Waals surface area (Å²) in [6, 6.07) is 8.56. The molecule has 126 valence electrons. The van der Waals surface area contributed by atoms with Gasteiger partial charge in [-0.15, -0.1) is 5.10 Å². The molecule has 3 heterocycles. The van der Waals surface area contributed by atoms with Crippen LogP contribution in [-0.2, 0) is 16.9 Å². The molecule has 0 aliphatic carbocycles. The highest BCUT2D eigenvalue weighted by Crippen LogP contribution is 2.19. The van der Waals surface area contributed by atoms with Crippen molar-refractivity contribution in [1.29, 1.82) is 0 Å². The van der Waals surface area contributed by atoms with Crippen molar-refractivity contribution in [2.24, 2.45) is 0 Å². The van der Waals surface area contributed by atoms with Crippen molar-refractivity contribution >= 4 is 11.6 Å². The number of furan rings is 1. The third-order valence-corrected chi connectivity index (χ3v) is 3.72. The number of aryl methyl sites for hydroxylation is 1. The van der Waals surface area contributed by atoms with E-state index in [1.54, 1.807) is 43.5 Å². The molecule has 0 aliphatic rings. The number of amides is 1. The van der Waals surface area contributed by atoms with E-state index in [0.29, 0.717) is 11.4 Å². The number of carbonyl (C=O) groups excluding carboxylic acids is 1. The molecule has 3 aromatic rings. The van der Waals surface area contributed by atoms with E-state index >= 15 is 0 Å². The molecule has 0 aromatic carbocycles. The molecular formula is C16H18N4O4. The van der Waals surface area contributed by atoms with Gasteiger partial charge < -0.3 is 14.8 Å². The van der Waals surface area contributed by atoms with Gasteiger partial charge in [-0.3, -0.25) is 9.20 Å². The fourth-order valence-electron chi connectivity index (χ4n) is 2.35. The molecule has 2 N–H and O–H groups in total. The molecule has 0 fully saturated rings. The molecule has 0 bridgehead atoms. The summed E-state index contributed by atoms with van der Waals surface area (Å²) in [6.45, 7) is 1.73. The molecule has 1 amide bonds. The molecule has 8 heteroatoms. The van der Waals surface area contributed by atoms with Gasteiger partial charge in [-0.1, -0.05) is 6.07 Å². The Morgan fingerprint density at radius 1 is 1.38 bits per heavy atom. The quantitative estimate of drug-likeness (QED) is 0.685. The van der Waals surface area contributed by atoms with Gasteiger partial charge in [-0.2, -0.15) is 0 Å². The predicted octanol–water partition coefficient (Wildman–Crippen LogP) is 0.503. The second kappa shape index (κ2) is 6.32. The van der Waals surface area contributed by atoms with Crippen LogP contribution in [-0.4, -0.2) is 31.7 Å². The Morgan fingerprint density at radius 2 is 2.21 bits per heavy atom. The van der Waals surface area contributed by atoms with Gasteiger partial charge in [0.2, 0.25) is 5.91 Å². The van der Waals surface area contributed by atoms with Crippen LogP contribution in [0.4, 0.5) is 0 Å². The summed E-state index contributed by atoms with van der Waals surface area (Å²) in [6.07, 6.45) is 3.17. The topological polar surface area (TPSA) is 102 Å². The van der Waals surface area contributed by atoms with Crippen molar-refractivity contribution in [3.05, 3.63) is 59.0 Å². The Balaban J connectivity index is 1.57. The lowest BCUT2D eigenvalue weighted by molar-refractivity contribution is -0.122. The van der Waals surface area contributed by atoms with Crippen LogP contribution in [0.2, 0.25) is 0 Å². The van der Waals surface area contributed by atoms with E-state index in [0.717, 1.165) is 0 Å². The first-order valence-corrected chi connectivity index (χ1v) is 7.55. The number of rotatable bonds is 6. The van der Waals surface area contributed by atoms with Crippen LogP contribution < -0.4 is 11.0 Å². The molecule has 0 saturated carbocycles. The molecule has 0 radical (unpaired) electrons. The highest BCUT2D eigenvalue weighted by atomic mass is 16.4. The Hall–Kier alpha value is -2.87. The number of hydrogen-bond donors (Lipinski definition) is 2. The summed E-state index contributed by atoms with van der Waals surface area (Å²) in [5, 5.41) is 17.1. The van der Waals surface area contributed by atoms with E-state index in [4.69, 9.17) is 4.42 Å². The fraction of sp³-hybridized carbons (Fsp3) is 0.312. The molecule has 24 heavy (non-hydrogen) atoms. The van der Waals surface area contributed by atoms with Crippen LogP contribution in [0.3, 0.4) is 0 Å². The van der Waals surface area contributed by atoms with Crippen molar-refractivity contribution in [3.8, 4) is 0 Å². The van der Waals surface area contributed by atoms with Gasteiger partial charge in [0.25, 0.3) is 0 Å². The van der Waals surface area contributed by atoms with Crippen LogP contribution in [0, 0.1) is 0 Å². The Labute approximate surface area is 137 Å². The zero-order chi connectivity index (χ0) is 17.2. The number of pyridine rings is 1. The molecule has 0 aliphatic heterocycles. The molecule has 1 atom stereocenters. The zero-order valence-corrected chi connectivity index (χ0v) is 13.2. The lowest BCUT2D eigenvalue weighted by atomic mass is 10.0. The van der Waals surface area contributed by atoms with Gasteiger partial charge in [-0.25, -0.2) is 9.48 Å².